The van der Waals surface area contributed by atoms with Gasteiger partial charge < -0.3 is 23.7 Å². The van der Waals surface area contributed by atoms with E-state index in [1.165, 1.54) is 32.0 Å². The predicted octanol–water partition coefficient (Wildman–Crippen LogP) is 5.30. The van der Waals surface area contributed by atoms with E-state index in [0.717, 1.165) is 11.3 Å². The number of fused-ring (bicyclic) bond motifs is 1. The lowest BCUT2D eigenvalue weighted by Gasteiger charge is -2.26. The van der Waals surface area contributed by atoms with E-state index < -0.39 is 17.8 Å². The highest BCUT2D eigenvalue weighted by atomic mass is 79.9. The molecule has 3 aromatic carbocycles. The van der Waals surface area contributed by atoms with Crippen LogP contribution in [0.2, 0.25) is 0 Å². The summed E-state index contributed by atoms with van der Waals surface area (Å²) in [4.78, 5) is 32.6. The lowest BCUT2D eigenvalue weighted by atomic mass is 9.95. The van der Waals surface area contributed by atoms with E-state index >= 15 is 0 Å². The predicted molar refractivity (Wildman–Crippen MR) is 171 cm³/mol. The van der Waals surface area contributed by atoms with Gasteiger partial charge in [-0.3, -0.25) is 9.36 Å². The van der Waals surface area contributed by atoms with Crippen molar-refractivity contribution in [1.82, 2.24) is 4.57 Å². The maximum atomic E-state index is 14.3. The SMILES string of the molecule is CCOC(=O)C1=C(C)N=c2s/c(=C\c3cccc(OC)c3OCc3ccccc3F)c(=O)n2[C@H]1c1cc(OC)c(OC)cc1Br. The molecule has 0 radical (unpaired) electrons. The molecule has 0 saturated heterocycles. The number of rotatable bonds is 10. The first-order chi connectivity index (χ1) is 21.7. The molecule has 0 aliphatic carbocycles. The van der Waals surface area contributed by atoms with Gasteiger partial charge in [-0.1, -0.05) is 57.6 Å². The number of methoxy groups -OCH3 is 3. The second-order valence-electron chi connectivity index (χ2n) is 9.79. The minimum atomic E-state index is -0.890. The number of hydrogen-bond acceptors (Lipinski definition) is 9. The normalized spacial score (nSPS) is 14.5. The molecule has 4 aromatic rings. The fraction of sp³-hybridized carbons (Fsp3) is 0.242. The van der Waals surface area contributed by atoms with Crippen molar-refractivity contribution in [3.63, 3.8) is 0 Å². The van der Waals surface area contributed by atoms with Crippen LogP contribution in [0.5, 0.6) is 23.0 Å². The number of carbonyl (C=O) groups excluding carboxylic acids is 1. The fourth-order valence-electron chi connectivity index (χ4n) is 5.03. The Labute approximate surface area is 270 Å². The van der Waals surface area contributed by atoms with Crippen LogP contribution in [0.1, 0.15) is 36.6 Å². The molecular formula is C33H30BrFN2O7S. The highest BCUT2D eigenvalue weighted by Gasteiger charge is 2.35. The Morgan fingerprint density at radius 1 is 1.04 bits per heavy atom. The van der Waals surface area contributed by atoms with Crippen molar-refractivity contribution in [3.8, 4) is 23.0 Å². The summed E-state index contributed by atoms with van der Waals surface area (Å²) >= 11 is 4.77. The summed E-state index contributed by atoms with van der Waals surface area (Å²) in [7, 11) is 4.53. The van der Waals surface area contributed by atoms with Crippen LogP contribution in [-0.4, -0.2) is 38.5 Å². The maximum Gasteiger partial charge on any atom is 0.338 e. The molecule has 9 nitrogen and oxygen atoms in total. The smallest absolute Gasteiger partial charge is 0.338 e. The van der Waals surface area contributed by atoms with Crippen molar-refractivity contribution in [2.45, 2.75) is 26.5 Å². The molecule has 1 aliphatic heterocycles. The number of nitrogens with zero attached hydrogens (tertiary/aromatic N) is 2. The summed E-state index contributed by atoms with van der Waals surface area (Å²) in [6.07, 6.45) is 1.67. The average molecular weight is 698 g/mol. The summed E-state index contributed by atoms with van der Waals surface area (Å²) in [5, 5.41) is 0. The van der Waals surface area contributed by atoms with Crippen molar-refractivity contribution in [2.24, 2.45) is 4.99 Å². The number of ether oxygens (including phenoxy) is 5. The third-order valence-electron chi connectivity index (χ3n) is 7.16. The highest BCUT2D eigenvalue weighted by Crippen LogP contribution is 2.41. The Morgan fingerprint density at radius 3 is 2.44 bits per heavy atom. The van der Waals surface area contributed by atoms with Gasteiger partial charge in [0.15, 0.2) is 27.8 Å². The molecule has 0 saturated carbocycles. The minimum absolute atomic E-state index is 0.0510. The zero-order valence-electron chi connectivity index (χ0n) is 25.2. The lowest BCUT2D eigenvalue weighted by molar-refractivity contribution is -0.139. The number of para-hydroxylation sites is 1. The Hall–Kier alpha value is -4.42. The van der Waals surface area contributed by atoms with Crippen LogP contribution >= 0.6 is 27.3 Å². The van der Waals surface area contributed by atoms with Gasteiger partial charge in [0.2, 0.25) is 0 Å². The molecule has 0 spiro atoms. The molecule has 0 bridgehead atoms. The fourth-order valence-corrected chi connectivity index (χ4v) is 6.61. The van der Waals surface area contributed by atoms with Crippen molar-refractivity contribution in [2.75, 3.05) is 27.9 Å². The van der Waals surface area contributed by atoms with Crippen LogP contribution in [0.4, 0.5) is 4.39 Å². The standard InChI is InChI=1S/C33H30BrFN2O7S/c1-6-43-32(39)28-18(2)36-33-37(29(28)21-15-25(41-4)26(42-5)16-22(21)34)31(38)27(45-33)14-19-11-9-13-24(40-3)30(19)44-17-20-10-7-8-12-23(20)35/h7-16,29H,6,17H2,1-5H3/b27-14-/t29-/m0/s1. The third kappa shape index (κ3) is 6.25. The quantitative estimate of drug-likeness (QED) is 0.208. The second-order valence-corrected chi connectivity index (χ2v) is 11.7. The number of esters is 1. The Kier molecular flexibility index (Phi) is 9.74. The first-order valence-electron chi connectivity index (χ1n) is 13.9. The van der Waals surface area contributed by atoms with Crippen LogP contribution in [0.25, 0.3) is 6.08 Å². The third-order valence-corrected chi connectivity index (χ3v) is 8.83. The van der Waals surface area contributed by atoms with Crippen molar-refractivity contribution < 1.29 is 32.9 Å². The molecule has 2 heterocycles. The molecule has 1 aromatic heterocycles. The van der Waals surface area contributed by atoms with Gasteiger partial charge in [-0.05, 0) is 49.8 Å². The molecular weight excluding hydrogens is 667 g/mol. The summed E-state index contributed by atoms with van der Waals surface area (Å²) < 4.78 is 44.7. The number of hydrogen-bond donors (Lipinski definition) is 0. The van der Waals surface area contributed by atoms with E-state index in [-0.39, 0.29) is 24.3 Å². The Morgan fingerprint density at radius 2 is 1.76 bits per heavy atom. The molecule has 0 unspecified atom stereocenters. The molecule has 1 aliphatic rings. The van der Waals surface area contributed by atoms with Crippen molar-refractivity contribution in [3.05, 3.63) is 113 Å². The summed E-state index contributed by atoms with van der Waals surface area (Å²) in [5.41, 5.74) is 1.75. The molecule has 234 valence electrons. The Balaban J connectivity index is 1.69. The zero-order chi connectivity index (χ0) is 32.2. The lowest BCUT2D eigenvalue weighted by Crippen LogP contribution is -2.40. The van der Waals surface area contributed by atoms with Gasteiger partial charge in [-0.25, -0.2) is 14.2 Å². The average Bonchev–Trinajstić information content (AvgIpc) is 3.33. The number of aromatic nitrogens is 1. The van der Waals surface area contributed by atoms with Gasteiger partial charge in [-0.2, -0.15) is 0 Å². The molecule has 1 atom stereocenters. The van der Waals surface area contributed by atoms with E-state index in [1.807, 2.05) is 0 Å². The van der Waals surface area contributed by atoms with Crippen molar-refractivity contribution in [1.29, 1.82) is 0 Å². The van der Waals surface area contributed by atoms with Gasteiger partial charge in [0.1, 0.15) is 12.4 Å². The summed E-state index contributed by atoms with van der Waals surface area (Å²) in [6.45, 7) is 3.52. The van der Waals surface area contributed by atoms with E-state index in [0.29, 0.717) is 59.2 Å². The monoisotopic (exact) mass is 696 g/mol. The first kappa shape index (κ1) is 32.0. The van der Waals surface area contributed by atoms with Crippen LogP contribution in [0.15, 0.2) is 80.1 Å². The number of benzene rings is 3. The number of thiazole rings is 1. The number of halogens is 2. The topological polar surface area (TPSA) is 97.6 Å². The minimum Gasteiger partial charge on any atom is -0.493 e. The maximum absolute atomic E-state index is 14.3. The van der Waals surface area contributed by atoms with E-state index in [9.17, 15) is 14.0 Å². The molecule has 5 rings (SSSR count). The largest absolute Gasteiger partial charge is 0.493 e. The molecule has 12 heteroatoms. The van der Waals surface area contributed by atoms with Crippen LogP contribution in [0.3, 0.4) is 0 Å². The molecule has 45 heavy (non-hydrogen) atoms. The van der Waals surface area contributed by atoms with Crippen LogP contribution < -0.4 is 33.8 Å². The van der Waals surface area contributed by atoms with Crippen LogP contribution in [-0.2, 0) is 16.1 Å². The zero-order valence-corrected chi connectivity index (χ0v) is 27.6. The van der Waals surface area contributed by atoms with Crippen LogP contribution in [0, 0.1) is 5.82 Å². The van der Waals surface area contributed by atoms with Gasteiger partial charge in [0, 0.05) is 15.6 Å². The number of allylic oxidation sites excluding steroid dienone is 1. The van der Waals surface area contributed by atoms with E-state index in [2.05, 4.69) is 20.9 Å². The van der Waals surface area contributed by atoms with E-state index in [4.69, 9.17) is 23.7 Å². The highest BCUT2D eigenvalue weighted by molar-refractivity contribution is 9.10. The first-order valence-corrected chi connectivity index (χ1v) is 15.5. The molecule has 0 N–H and O–H groups in total. The molecule has 0 amide bonds. The van der Waals surface area contributed by atoms with Crippen molar-refractivity contribution >= 4 is 39.3 Å². The second kappa shape index (κ2) is 13.7. The molecule has 0 fully saturated rings. The summed E-state index contributed by atoms with van der Waals surface area (Å²) in [5.74, 6) is 0.674. The van der Waals surface area contributed by atoms with E-state index in [1.54, 1.807) is 68.5 Å². The summed E-state index contributed by atoms with van der Waals surface area (Å²) in [6, 6.07) is 14.1. The number of carbonyl (C=O) groups is 1. The van der Waals surface area contributed by atoms with Gasteiger partial charge in [0.05, 0.1) is 49.8 Å². The Bertz CT molecular complexity index is 1990. The van der Waals surface area contributed by atoms with Gasteiger partial charge >= 0.3 is 5.97 Å². The van der Waals surface area contributed by atoms with Gasteiger partial charge in [-0.15, -0.1) is 0 Å². The van der Waals surface area contributed by atoms with Gasteiger partial charge in [0.25, 0.3) is 5.56 Å².